The fraction of sp³-hybridized carbons (Fsp3) is 0.632. The first-order chi connectivity index (χ1) is 39.0. The monoisotopic (exact) mass is 1350 g/mol. The second-order valence-corrected chi connectivity index (χ2v) is 16.7. The van der Waals surface area contributed by atoms with Gasteiger partial charge in [-0.15, -0.1) is 0 Å². The van der Waals surface area contributed by atoms with Crippen LogP contribution in [0.5, 0.6) is 0 Å². The van der Waals surface area contributed by atoms with Gasteiger partial charge in [0.1, 0.15) is 34.5 Å². The molecule has 5 aliphatic rings. The van der Waals surface area contributed by atoms with E-state index in [1.54, 1.807) is 32.9 Å². The number of nitrogens with one attached hydrogen (secondary N) is 1. The van der Waals surface area contributed by atoms with Gasteiger partial charge in [-0.05, 0) is 85.3 Å². The number of halogens is 1. The van der Waals surface area contributed by atoms with E-state index in [1.165, 1.54) is 70.7 Å². The van der Waals surface area contributed by atoms with Crippen LogP contribution in [0.3, 0.4) is 0 Å². The molecule has 493 valence electrons. The number of Topliss-reactive ketones (excluding diaryl/α,β-unsaturated/α-hetero) is 6. The molecule has 0 unspecified atom stereocenters. The molecular formula is C57H105AlILiN7O19. The maximum atomic E-state index is 11.1. The number of nitrogens with two attached hydrogens (primary N) is 3. The average molecular weight is 1350 g/mol. The third-order valence-electron chi connectivity index (χ3n) is 8.42. The maximum absolute atomic E-state index is 11.1. The van der Waals surface area contributed by atoms with Crippen molar-refractivity contribution in [2.75, 3.05) is 97.6 Å². The first kappa shape index (κ1) is 106. The Balaban J connectivity index is -0.0000000725. The third kappa shape index (κ3) is 69.7. The molecule has 29 heteroatoms. The van der Waals surface area contributed by atoms with E-state index >= 15 is 0 Å². The molecule has 0 bridgehead atoms. The first-order valence-corrected chi connectivity index (χ1v) is 28.2. The van der Waals surface area contributed by atoms with Crippen LogP contribution in [0.25, 0.3) is 0 Å². The number of aliphatic imine (C=N–C) groups is 3. The van der Waals surface area contributed by atoms with Gasteiger partial charge in [0, 0.05) is 95.7 Å². The van der Waals surface area contributed by atoms with Crippen molar-refractivity contribution < 1.29 is 112 Å². The van der Waals surface area contributed by atoms with E-state index in [-0.39, 0.29) is 112 Å². The summed E-state index contributed by atoms with van der Waals surface area (Å²) in [6, 6.07) is 0. The quantitative estimate of drug-likeness (QED) is 0.0141. The van der Waals surface area contributed by atoms with Crippen LogP contribution in [-0.2, 0) is 81.1 Å². The minimum Gasteiger partial charge on any atom is -1.00 e. The Morgan fingerprint density at radius 2 is 1.05 bits per heavy atom. The average Bonchev–Trinajstić information content (AvgIpc) is 4.43. The fourth-order valence-corrected chi connectivity index (χ4v) is 5.19. The van der Waals surface area contributed by atoms with Gasteiger partial charge in [-0.2, -0.15) is 0 Å². The molecule has 86 heavy (non-hydrogen) atoms. The number of esters is 3. The SMILES string of the molecule is C.C1CCOC1.CC(=O)C1=CC(=O)CN1.CCCC1=NCC(OCC)=C1.CCI.CCOC(=O)C(=O)CC(C)=O.CCOC(=O)C(C)=O.CCOC(C)=O.CCOC1=CC(C(=O)CC)=NC1.CCOC1=CC(C(C)=O)=NC1.CN.CO.NN.O.[Al].[H-].[Li+]. The molecule has 0 amide bonds. The second kappa shape index (κ2) is 77.9. The maximum Gasteiger partial charge on any atom is 1.00 e. The molecule has 26 nitrogen and oxygen atoms in total. The predicted octanol–water partition coefficient (Wildman–Crippen LogP) is 1.68. The molecule has 0 aromatic heterocycles. The van der Waals surface area contributed by atoms with Crippen LogP contribution in [0.15, 0.2) is 62.3 Å². The molecule has 0 aromatic carbocycles. The number of carbonyl (C=O) groups is 10. The summed E-state index contributed by atoms with van der Waals surface area (Å²) in [6.07, 6.45) is 11.8. The molecule has 0 atom stereocenters. The number of alkyl halides is 1. The Bertz CT molecular complexity index is 2080. The smallest absolute Gasteiger partial charge is 1.00 e. The van der Waals surface area contributed by atoms with Crippen LogP contribution in [-0.4, -0.2) is 201 Å². The van der Waals surface area contributed by atoms with Gasteiger partial charge in [-0.25, -0.2) is 9.59 Å². The molecule has 1 saturated heterocycles. The van der Waals surface area contributed by atoms with Gasteiger partial charge >= 0.3 is 36.8 Å². The Labute approximate surface area is 549 Å². The van der Waals surface area contributed by atoms with Crippen LogP contribution in [0.4, 0.5) is 0 Å². The topological polar surface area (TPSA) is 414 Å². The summed E-state index contributed by atoms with van der Waals surface area (Å²) in [5.41, 5.74) is 7.20. The van der Waals surface area contributed by atoms with E-state index in [0.29, 0.717) is 56.5 Å². The zero-order valence-electron chi connectivity index (χ0n) is 54.7. The Kier molecular flexibility index (Phi) is 95.7. The number of allylic oxidation sites excluding steroid dienone is 4. The summed E-state index contributed by atoms with van der Waals surface area (Å²) in [6.45, 7) is 30.7. The van der Waals surface area contributed by atoms with Crippen molar-refractivity contribution in [2.24, 2.45) is 32.4 Å². The van der Waals surface area contributed by atoms with Gasteiger partial charge < -0.3 is 56.2 Å². The molecule has 0 spiro atoms. The van der Waals surface area contributed by atoms with Gasteiger partial charge in [0.2, 0.25) is 11.6 Å². The fourth-order valence-electron chi connectivity index (χ4n) is 5.19. The van der Waals surface area contributed by atoms with E-state index in [0.717, 1.165) is 63.6 Å². The van der Waals surface area contributed by atoms with Crippen molar-refractivity contribution in [2.45, 2.75) is 143 Å². The second-order valence-electron chi connectivity index (χ2n) is 15.2. The van der Waals surface area contributed by atoms with Gasteiger partial charge in [-0.1, -0.05) is 57.2 Å². The van der Waals surface area contributed by atoms with Gasteiger partial charge in [-0.3, -0.25) is 65.0 Å². The van der Waals surface area contributed by atoms with Crippen LogP contribution in [0.2, 0.25) is 0 Å². The number of rotatable bonds is 19. The van der Waals surface area contributed by atoms with Crippen LogP contribution in [0.1, 0.15) is 144 Å². The zero-order chi connectivity index (χ0) is 64.9. The largest absolute Gasteiger partial charge is 1.00 e. The Morgan fingerprint density at radius 1 is 0.640 bits per heavy atom. The van der Waals surface area contributed by atoms with Gasteiger partial charge in [0.25, 0.3) is 0 Å². The van der Waals surface area contributed by atoms with Crippen LogP contribution < -0.4 is 41.6 Å². The minimum atomic E-state index is -0.928. The summed E-state index contributed by atoms with van der Waals surface area (Å²) in [7, 11) is 2.50. The van der Waals surface area contributed by atoms with Gasteiger partial charge in [0.15, 0.2) is 23.1 Å². The number of ketones is 7. The number of aliphatic hydroxyl groups is 1. The number of hydrogen-bond donors (Lipinski definition) is 5. The van der Waals surface area contributed by atoms with E-state index in [4.69, 9.17) is 24.1 Å². The molecular weight excluding hydrogens is 1250 g/mol. The van der Waals surface area contributed by atoms with Crippen molar-refractivity contribution >= 4 is 115 Å². The predicted molar refractivity (Wildman–Crippen MR) is 344 cm³/mol. The first-order valence-electron chi connectivity index (χ1n) is 26.7. The van der Waals surface area contributed by atoms with Crippen molar-refractivity contribution in [3.05, 3.63) is 47.3 Å². The van der Waals surface area contributed by atoms with Crippen molar-refractivity contribution in [1.82, 2.24) is 5.32 Å². The summed E-state index contributed by atoms with van der Waals surface area (Å²) < 4.78 is 35.0. The molecule has 3 radical (unpaired) electrons. The van der Waals surface area contributed by atoms with Gasteiger partial charge in [0.05, 0.1) is 77.9 Å². The van der Waals surface area contributed by atoms with Crippen LogP contribution in [0, 0.1) is 0 Å². The summed E-state index contributed by atoms with van der Waals surface area (Å²) in [5, 5.41) is 9.67. The van der Waals surface area contributed by atoms with E-state index in [9.17, 15) is 47.9 Å². The molecule has 0 aliphatic carbocycles. The Hall–Kier alpha value is -5.11. The molecule has 5 heterocycles. The standard InChI is InChI=1S/C9H13NO2.C9H15NO.C8H11NO2.C7H10O4.C6H7NO2.C5H8O3.C4H8O2.C4H8O.C2H5I.CH5N.CH4O.CH4.Al.Li.H4N2.H2O.H/c1-3-9(11)8-5-7(6-10-8)12-4-2;1-3-5-8-6-9(7-10-8)11-4-2;1-3-11-7-4-8(6(2)10)9-5-7;1-3-11-7(10)6(9)4-5(2)8;1-4(8)6-2-5(9)3-7-6;1-3-8-5(7)4(2)6;1-3-6-4(2)5;1-2-4-5-3-1;1-2-3;2*1-2;;;;1-2;;/h5H,3-4,6H2,1-2H3;6H,3-5,7H2,1-2H3;4H,3,5H2,1-2H3;3-4H2,1-2H3;2,7H,3H2,1H3;3H2,1-2H3;3H2,1-2H3;1-4H2;2H2,1H3;2H2,1H3;2H,1H3;1H4;;;1-2H2;1H2;/q;;;;;;;;;;;;;+1;;;-1. The minimum absolute atomic E-state index is 0. The summed E-state index contributed by atoms with van der Waals surface area (Å²) >= 11 is 2.29. The van der Waals surface area contributed by atoms with E-state index in [2.05, 4.69) is 94.4 Å². The molecule has 1 fully saturated rings. The van der Waals surface area contributed by atoms with Crippen LogP contribution >= 0.6 is 22.6 Å². The van der Waals surface area contributed by atoms with Crippen molar-refractivity contribution in [1.29, 1.82) is 0 Å². The zero-order valence-corrected chi connectivity index (χ0v) is 57.0. The van der Waals surface area contributed by atoms with E-state index < -0.39 is 23.5 Å². The molecule has 0 aromatic rings. The number of aliphatic hydroxyl groups excluding tert-OH is 1. The normalized spacial score (nSPS) is 12.3. The molecule has 10 N–H and O–H groups in total. The van der Waals surface area contributed by atoms with Crippen molar-refractivity contribution in [3.8, 4) is 0 Å². The van der Waals surface area contributed by atoms with E-state index in [1.807, 2.05) is 27.7 Å². The number of hydrogen-bond acceptors (Lipinski definition) is 25. The Morgan fingerprint density at radius 3 is 1.31 bits per heavy atom. The van der Waals surface area contributed by atoms with Crippen molar-refractivity contribution in [3.63, 3.8) is 0 Å². The number of hydrazine groups is 1. The number of nitrogens with zero attached hydrogens (tertiary/aromatic N) is 3. The summed E-state index contributed by atoms with van der Waals surface area (Å²) in [4.78, 5) is 117. The third-order valence-corrected chi connectivity index (χ3v) is 8.42. The number of carbonyl (C=O) groups excluding carboxylic acids is 10. The number of ether oxygens (including phenoxy) is 7. The summed E-state index contributed by atoms with van der Waals surface area (Å²) in [5.74, 6) is 7.04. The molecule has 0 saturated carbocycles. The molecule has 5 aliphatic heterocycles. The molecule has 5 rings (SSSR count).